The van der Waals surface area contributed by atoms with Gasteiger partial charge in [0, 0.05) is 0 Å². The Morgan fingerprint density at radius 2 is 0.632 bits per heavy atom. The molecule has 6 rings (SSSR count). The molecule has 0 saturated carbocycles. The normalized spacial score (nSPS) is 11.1. The number of nitrogens with zero attached hydrogens (tertiary/aromatic N) is 8. The standard InChI is InChI=1S/2C14H20N4.2Cu/c2*1-3-7-15-9-13-5-6-14-10-16(8-4-2)12-18(14)17(13)11-15;;/h2*5-6,9-12H,3-4,7-8H2,1-2H3;;/q2*-2;2*+2. The van der Waals surface area contributed by atoms with Crippen LogP contribution in [0.1, 0.15) is 53.4 Å². The Morgan fingerprint density at radius 3 is 0.816 bits per heavy atom. The van der Waals surface area contributed by atoms with Crippen molar-refractivity contribution in [2.45, 2.75) is 79.6 Å². The third kappa shape index (κ3) is 6.15. The quantitative estimate of drug-likeness (QED) is 0.144. The van der Waals surface area contributed by atoms with Crippen molar-refractivity contribution in [3.05, 3.63) is 74.4 Å². The molecule has 8 nitrogen and oxygen atoms in total. The van der Waals surface area contributed by atoms with Crippen LogP contribution in [-0.4, -0.2) is 37.0 Å². The van der Waals surface area contributed by atoms with Crippen LogP contribution in [0.2, 0.25) is 0 Å². The number of hydrogen-bond donors (Lipinski definition) is 0. The van der Waals surface area contributed by atoms with E-state index in [1.54, 1.807) is 0 Å². The second-order valence-corrected chi connectivity index (χ2v) is 9.67. The van der Waals surface area contributed by atoms with Gasteiger partial charge in [0.1, 0.15) is 0 Å². The molecule has 2 radical (unpaired) electrons. The van der Waals surface area contributed by atoms with Crippen LogP contribution in [0, 0.1) is 0 Å². The van der Waals surface area contributed by atoms with Gasteiger partial charge in [0.15, 0.2) is 0 Å². The van der Waals surface area contributed by atoms with E-state index in [0.717, 1.165) is 51.9 Å². The van der Waals surface area contributed by atoms with Crippen molar-refractivity contribution >= 4 is 0 Å². The van der Waals surface area contributed by atoms with Crippen LogP contribution in [-0.2, 0) is 60.3 Å². The summed E-state index contributed by atoms with van der Waals surface area (Å²) >= 11 is 0. The van der Waals surface area contributed by atoms with Gasteiger partial charge in [-0.15, -0.1) is 49.1 Å². The van der Waals surface area contributed by atoms with Crippen molar-refractivity contribution < 1.29 is 34.1 Å². The molecule has 0 amide bonds. The molecule has 0 unspecified atom stereocenters. The van der Waals surface area contributed by atoms with Gasteiger partial charge in [0.25, 0.3) is 0 Å². The Bertz CT molecular complexity index is 1200. The van der Waals surface area contributed by atoms with Crippen LogP contribution >= 0.6 is 0 Å². The Morgan fingerprint density at radius 1 is 0.421 bits per heavy atom. The summed E-state index contributed by atoms with van der Waals surface area (Å²) in [6.07, 6.45) is 22.1. The van der Waals surface area contributed by atoms with Gasteiger partial charge in [-0.2, -0.15) is 0 Å². The fourth-order valence-corrected chi connectivity index (χ4v) is 4.94. The summed E-state index contributed by atoms with van der Waals surface area (Å²) in [5.74, 6) is 0. The fraction of sp³-hybridized carbons (Fsp3) is 0.429. The first-order chi connectivity index (χ1) is 17.6. The average molecular weight is 616 g/mol. The summed E-state index contributed by atoms with van der Waals surface area (Å²) in [6.45, 7) is 13.1. The molecule has 10 heteroatoms. The van der Waals surface area contributed by atoms with E-state index < -0.39 is 0 Å². The summed E-state index contributed by atoms with van der Waals surface area (Å²) < 4.78 is 17.8. The van der Waals surface area contributed by atoms with Crippen molar-refractivity contribution in [1.29, 1.82) is 0 Å². The predicted molar refractivity (Wildman–Crippen MR) is 146 cm³/mol. The number of rotatable bonds is 8. The van der Waals surface area contributed by atoms with Gasteiger partial charge in [0.05, 0.1) is 0 Å². The van der Waals surface area contributed by atoms with Crippen molar-refractivity contribution in [2.24, 2.45) is 0 Å². The molecule has 0 spiro atoms. The topological polar surface area (TPSA) is 39.4 Å². The van der Waals surface area contributed by atoms with Gasteiger partial charge in [-0.1, -0.05) is 50.4 Å². The second kappa shape index (κ2) is 13.4. The predicted octanol–water partition coefficient (Wildman–Crippen LogP) is 6.25. The summed E-state index contributed by atoms with van der Waals surface area (Å²) in [4.78, 5) is 0. The van der Waals surface area contributed by atoms with E-state index in [4.69, 9.17) is 0 Å². The molecule has 38 heavy (non-hydrogen) atoms. The Hall–Kier alpha value is -2.64. The monoisotopic (exact) mass is 614 g/mol. The average Bonchev–Trinajstić information content (AvgIpc) is 3.63. The van der Waals surface area contributed by atoms with Gasteiger partial charge in [-0.3, -0.25) is 0 Å². The largest absolute Gasteiger partial charge is 2.00 e. The first-order valence-corrected chi connectivity index (χ1v) is 13.5. The van der Waals surface area contributed by atoms with Crippen molar-refractivity contribution in [1.82, 2.24) is 37.0 Å². The number of aromatic nitrogens is 8. The van der Waals surface area contributed by atoms with Gasteiger partial charge < -0.3 is 37.0 Å². The van der Waals surface area contributed by atoms with E-state index in [2.05, 4.69) is 139 Å². The molecule has 0 atom stereocenters. The molecule has 0 aromatic carbocycles. The molecular formula is C28H40Cu2N8. The first kappa shape index (κ1) is 29.9. The minimum atomic E-state index is 0. The van der Waals surface area contributed by atoms with E-state index in [9.17, 15) is 0 Å². The van der Waals surface area contributed by atoms with Crippen LogP contribution in [0.3, 0.4) is 0 Å². The van der Waals surface area contributed by atoms with E-state index in [0.29, 0.717) is 0 Å². The molecular weight excluding hydrogens is 575 g/mol. The molecule has 0 bridgehead atoms. The van der Waals surface area contributed by atoms with Gasteiger partial charge in [0.2, 0.25) is 0 Å². The molecule has 0 aliphatic carbocycles. The Balaban J connectivity index is 0.000000200. The van der Waals surface area contributed by atoms with Crippen LogP contribution in [0.25, 0.3) is 22.7 Å². The second-order valence-electron chi connectivity index (χ2n) is 9.67. The van der Waals surface area contributed by atoms with Crippen molar-refractivity contribution in [2.75, 3.05) is 0 Å². The third-order valence-electron chi connectivity index (χ3n) is 6.52. The summed E-state index contributed by atoms with van der Waals surface area (Å²) in [7, 11) is 0. The zero-order chi connectivity index (χ0) is 25.1. The number of aryl methyl sites for hydroxylation is 4. The molecule has 0 fully saturated rings. The van der Waals surface area contributed by atoms with Gasteiger partial charge in [-0.05, 0) is 77.2 Å². The fourth-order valence-electron chi connectivity index (χ4n) is 4.94. The molecule has 0 aromatic heterocycles. The molecule has 0 saturated heterocycles. The van der Waals surface area contributed by atoms with E-state index in [-0.39, 0.29) is 34.1 Å². The Labute approximate surface area is 247 Å². The van der Waals surface area contributed by atoms with E-state index in [1.165, 1.54) is 22.7 Å². The molecule has 6 heterocycles. The maximum atomic E-state index is 2.25. The maximum absolute atomic E-state index is 2.25. The van der Waals surface area contributed by atoms with Crippen LogP contribution in [0.5, 0.6) is 0 Å². The molecule has 6 aliphatic rings. The summed E-state index contributed by atoms with van der Waals surface area (Å²) in [6, 6.07) is 8.71. The maximum Gasteiger partial charge on any atom is 2.00 e. The minimum Gasteiger partial charge on any atom is -0.452 e. The van der Waals surface area contributed by atoms with Gasteiger partial charge >= 0.3 is 34.1 Å². The Kier molecular flexibility index (Phi) is 10.6. The van der Waals surface area contributed by atoms with Crippen molar-refractivity contribution in [3.63, 3.8) is 0 Å². The van der Waals surface area contributed by atoms with Crippen LogP contribution < -0.4 is 0 Å². The first-order valence-electron chi connectivity index (χ1n) is 13.5. The molecule has 0 aromatic rings. The zero-order valence-electron chi connectivity index (χ0n) is 22.8. The van der Waals surface area contributed by atoms with E-state index in [1.807, 2.05) is 0 Å². The SMILES string of the molecule is CCCn1cc2ccc3cn(CCC)[cH-]n-3n-2[cH-]1.CCCn1cc2ccc3cn(CCC)[cH-]n-3n-2[cH-]1.[Cu+2].[Cu+2]. The van der Waals surface area contributed by atoms with Crippen LogP contribution in [0.15, 0.2) is 74.4 Å². The molecule has 214 valence electrons. The number of imidazole rings is 4. The molecule has 6 aliphatic heterocycles. The smallest absolute Gasteiger partial charge is 0.452 e. The minimum absolute atomic E-state index is 0. The number of hydrogen-bond acceptors (Lipinski definition) is 0. The van der Waals surface area contributed by atoms with Gasteiger partial charge in [-0.25, -0.2) is 0 Å². The summed E-state index contributed by atoms with van der Waals surface area (Å²) in [5.41, 5.74) is 4.93. The zero-order valence-corrected chi connectivity index (χ0v) is 24.6. The van der Waals surface area contributed by atoms with Crippen molar-refractivity contribution in [3.8, 4) is 22.7 Å². The summed E-state index contributed by atoms with van der Waals surface area (Å²) in [5, 5.41) is 0. The third-order valence-corrected chi connectivity index (χ3v) is 6.52. The van der Waals surface area contributed by atoms with E-state index >= 15 is 0 Å². The molecule has 0 N–H and O–H groups in total. The number of fused-ring (bicyclic) bond motifs is 6. The van der Waals surface area contributed by atoms with Crippen LogP contribution in [0.4, 0.5) is 0 Å².